The first kappa shape index (κ1) is 13.0. The first-order valence-corrected chi connectivity index (χ1v) is 7.11. The van der Waals surface area contributed by atoms with Gasteiger partial charge < -0.3 is 0 Å². The van der Waals surface area contributed by atoms with Crippen molar-refractivity contribution in [1.29, 1.82) is 0 Å². The minimum Gasteiger partial charge on any atom is -0.299 e. The molecule has 0 spiro atoms. The molecule has 15 heavy (non-hydrogen) atoms. The van der Waals surface area contributed by atoms with Crippen molar-refractivity contribution in [1.82, 2.24) is 0 Å². The summed E-state index contributed by atoms with van der Waals surface area (Å²) >= 11 is 0. The van der Waals surface area contributed by atoms with Gasteiger partial charge in [-0.2, -0.15) is 0 Å². The van der Waals surface area contributed by atoms with Crippen LogP contribution in [-0.4, -0.2) is 17.4 Å². The molecule has 1 aliphatic rings. The van der Waals surface area contributed by atoms with E-state index in [1.807, 2.05) is 46.8 Å². The molecule has 1 heterocycles. The van der Waals surface area contributed by atoms with Crippen LogP contribution in [0, 0.1) is 0 Å². The minimum atomic E-state index is -2.93. The van der Waals surface area contributed by atoms with Crippen LogP contribution in [0.1, 0.15) is 41.0 Å². The predicted octanol–water partition coefficient (Wildman–Crippen LogP) is 3.75. The molecule has 0 aromatic carbocycles. The number of allylic oxidation sites excluding steroid dienone is 2. The lowest BCUT2D eigenvalue weighted by molar-refractivity contribution is 0.00578. The zero-order chi connectivity index (χ0) is 11.7. The number of rotatable bonds is 3. The molecule has 0 N–H and O–H groups in total. The average molecular weight is 232 g/mol. The SMILES string of the molecule is CC/C=C/CP1(=O)OC(C)(C)C(C)(C)O1. The molecule has 88 valence electrons. The summed E-state index contributed by atoms with van der Waals surface area (Å²) in [5.41, 5.74) is -0.995. The van der Waals surface area contributed by atoms with Crippen molar-refractivity contribution in [2.45, 2.75) is 52.2 Å². The molecule has 0 bridgehead atoms. The van der Waals surface area contributed by atoms with Gasteiger partial charge in [-0.3, -0.25) is 13.6 Å². The molecule has 0 unspecified atom stereocenters. The Kier molecular flexibility index (Phi) is 3.49. The average Bonchev–Trinajstić information content (AvgIpc) is 2.16. The van der Waals surface area contributed by atoms with Crippen molar-refractivity contribution in [2.24, 2.45) is 0 Å². The van der Waals surface area contributed by atoms with Crippen molar-refractivity contribution in [3.8, 4) is 0 Å². The van der Waals surface area contributed by atoms with Crippen LogP contribution < -0.4 is 0 Å². The van der Waals surface area contributed by atoms with E-state index >= 15 is 0 Å². The zero-order valence-electron chi connectivity index (χ0n) is 10.2. The molecule has 4 heteroatoms. The first-order chi connectivity index (χ1) is 6.72. The van der Waals surface area contributed by atoms with Crippen LogP contribution in [-0.2, 0) is 13.6 Å². The second-order valence-electron chi connectivity index (χ2n) is 4.88. The molecule has 0 aromatic rings. The summed E-state index contributed by atoms with van der Waals surface area (Å²) in [6.45, 7) is 9.69. The van der Waals surface area contributed by atoms with Crippen molar-refractivity contribution < 1.29 is 13.6 Å². The molecule has 1 aliphatic heterocycles. The van der Waals surface area contributed by atoms with E-state index in [1.54, 1.807) is 0 Å². The van der Waals surface area contributed by atoms with Gasteiger partial charge in [-0.15, -0.1) is 0 Å². The van der Waals surface area contributed by atoms with Gasteiger partial charge in [-0.25, -0.2) is 0 Å². The quantitative estimate of drug-likeness (QED) is 0.549. The molecule has 3 nitrogen and oxygen atoms in total. The zero-order valence-corrected chi connectivity index (χ0v) is 11.1. The van der Waals surface area contributed by atoms with Gasteiger partial charge in [-0.1, -0.05) is 19.1 Å². The fourth-order valence-electron chi connectivity index (χ4n) is 1.38. The Morgan fingerprint density at radius 1 is 1.07 bits per heavy atom. The lowest BCUT2D eigenvalue weighted by Gasteiger charge is -2.29. The van der Waals surface area contributed by atoms with Crippen LogP contribution in [0.25, 0.3) is 0 Å². The van der Waals surface area contributed by atoms with Crippen molar-refractivity contribution in [3.05, 3.63) is 12.2 Å². The highest BCUT2D eigenvalue weighted by Gasteiger charge is 2.54. The maximum Gasteiger partial charge on any atom is 0.335 e. The Morgan fingerprint density at radius 2 is 1.53 bits per heavy atom. The summed E-state index contributed by atoms with van der Waals surface area (Å²) in [4.78, 5) is 0. The van der Waals surface area contributed by atoms with Gasteiger partial charge in [0.25, 0.3) is 0 Å². The Balaban J connectivity index is 2.76. The summed E-state index contributed by atoms with van der Waals surface area (Å²) in [5, 5.41) is 0. The third-order valence-corrected chi connectivity index (χ3v) is 5.04. The summed E-state index contributed by atoms with van der Waals surface area (Å²) in [6, 6.07) is 0. The van der Waals surface area contributed by atoms with E-state index in [0.29, 0.717) is 6.16 Å². The van der Waals surface area contributed by atoms with E-state index in [4.69, 9.17) is 9.05 Å². The summed E-state index contributed by atoms with van der Waals surface area (Å²) in [6.07, 6.45) is 5.16. The molecule has 0 saturated carbocycles. The third-order valence-electron chi connectivity index (χ3n) is 2.92. The fourth-order valence-corrected chi connectivity index (χ4v) is 3.80. The third kappa shape index (κ3) is 2.72. The van der Waals surface area contributed by atoms with Gasteiger partial charge in [0, 0.05) is 0 Å². The molecule has 1 rings (SSSR count). The summed E-state index contributed by atoms with van der Waals surface area (Å²) in [5.74, 6) is 0. The van der Waals surface area contributed by atoms with E-state index in [9.17, 15) is 4.57 Å². The molecule has 0 amide bonds. The molecule has 0 radical (unpaired) electrons. The van der Waals surface area contributed by atoms with E-state index in [-0.39, 0.29) is 0 Å². The molecular weight excluding hydrogens is 211 g/mol. The van der Waals surface area contributed by atoms with Crippen molar-refractivity contribution in [3.63, 3.8) is 0 Å². The van der Waals surface area contributed by atoms with Crippen LogP contribution >= 0.6 is 7.60 Å². The Hall–Kier alpha value is -0.110. The fraction of sp³-hybridized carbons (Fsp3) is 0.818. The molecule has 0 aliphatic carbocycles. The van der Waals surface area contributed by atoms with Gasteiger partial charge in [-0.05, 0) is 34.1 Å². The highest BCUT2D eigenvalue weighted by molar-refractivity contribution is 7.54. The molecule has 0 atom stereocenters. The Bertz CT molecular complexity index is 285. The molecule has 1 saturated heterocycles. The Labute approximate surface area is 92.4 Å². The standard InChI is InChI=1S/C11H21O3P/c1-6-7-8-9-15(12)13-10(2,3)11(4,5)14-15/h7-8H,6,9H2,1-5H3/b8-7+. The van der Waals surface area contributed by atoms with Gasteiger partial charge in [0.2, 0.25) is 0 Å². The van der Waals surface area contributed by atoms with Crippen molar-refractivity contribution >= 4 is 7.60 Å². The lowest BCUT2D eigenvalue weighted by atomic mass is 9.90. The van der Waals surface area contributed by atoms with Crippen LogP contribution in [0.5, 0.6) is 0 Å². The number of hydrogen-bond acceptors (Lipinski definition) is 3. The summed E-state index contributed by atoms with van der Waals surface area (Å²) < 4.78 is 23.4. The van der Waals surface area contributed by atoms with Gasteiger partial charge in [0.1, 0.15) is 11.2 Å². The van der Waals surface area contributed by atoms with Crippen LogP contribution in [0.15, 0.2) is 12.2 Å². The molecular formula is C11H21O3P. The molecule has 1 fully saturated rings. The molecule has 0 aromatic heterocycles. The van der Waals surface area contributed by atoms with E-state index in [2.05, 4.69) is 0 Å². The second kappa shape index (κ2) is 4.04. The smallest absolute Gasteiger partial charge is 0.299 e. The van der Waals surface area contributed by atoms with Gasteiger partial charge in [0.05, 0.1) is 6.16 Å². The van der Waals surface area contributed by atoms with Gasteiger partial charge in [0.15, 0.2) is 0 Å². The maximum absolute atomic E-state index is 12.2. The number of hydrogen-bond donors (Lipinski definition) is 0. The topological polar surface area (TPSA) is 35.5 Å². The second-order valence-corrected chi connectivity index (χ2v) is 6.83. The normalized spacial score (nSPS) is 27.3. The van der Waals surface area contributed by atoms with Gasteiger partial charge >= 0.3 is 7.60 Å². The van der Waals surface area contributed by atoms with Crippen molar-refractivity contribution in [2.75, 3.05) is 6.16 Å². The van der Waals surface area contributed by atoms with Crippen LogP contribution in [0.3, 0.4) is 0 Å². The van der Waals surface area contributed by atoms with Crippen LogP contribution in [0.2, 0.25) is 0 Å². The minimum absolute atomic E-state index is 0.369. The largest absolute Gasteiger partial charge is 0.335 e. The summed E-state index contributed by atoms with van der Waals surface area (Å²) in [7, 11) is -2.93. The highest BCUT2D eigenvalue weighted by atomic mass is 31.2. The predicted molar refractivity (Wildman–Crippen MR) is 62.2 cm³/mol. The van der Waals surface area contributed by atoms with E-state index in [1.165, 1.54) is 0 Å². The highest BCUT2D eigenvalue weighted by Crippen LogP contribution is 2.63. The maximum atomic E-state index is 12.2. The first-order valence-electron chi connectivity index (χ1n) is 5.38. The Morgan fingerprint density at radius 3 is 1.93 bits per heavy atom. The van der Waals surface area contributed by atoms with E-state index < -0.39 is 18.8 Å². The van der Waals surface area contributed by atoms with Crippen LogP contribution in [0.4, 0.5) is 0 Å². The van der Waals surface area contributed by atoms with E-state index in [0.717, 1.165) is 6.42 Å². The lowest BCUT2D eigenvalue weighted by Crippen LogP contribution is -2.41. The monoisotopic (exact) mass is 232 g/mol.